The summed E-state index contributed by atoms with van der Waals surface area (Å²) in [5, 5.41) is -0.700. The zero-order chi connectivity index (χ0) is 15.0. The van der Waals surface area contributed by atoms with Crippen LogP contribution in [0.1, 0.15) is 19.4 Å². The quantitative estimate of drug-likeness (QED) is 0.453. The summed E-state index contributed by atoms with van der Waals surface area (Å²) in [4.78, 5) is 14.0. The third-order valence-corrected chi connectivity index (χ3v) is 3.03. The van der Waals surface area contributed by atoms with Gasteiger partial charge in [0.2, 0.25) is 0 Å². The van der Waals surface area contributed by atoms with E-state index in [1.807, 2.05) is 50.3 Å². The molecule has 0 N–H and O–H groups in total. The number of ether oxygens (including phenoxy) is 1. The predicted molar refractivity (Wildman–Crippen MR) is 85.0 cm³/mol. The van der Waals surface area contributed by atoms with Crippen molar-refractivity contribution < 1.29 is 9.53 Å². The van der Waals surface area contributed by atoms with Gasteiger partial charge in [0.25, 0.3) is 5.91 Å². The number of halogens is 1. The maximum absolute atomic E-state index is 12.4. The molecule has 0 aliphatic carbocycles. The van der Waals surface area contributed by atoms with Crippen molar-refractivity contribution in [1.29, 1.82) is 0 Å². The van der Waals surface area contributed by atoms with Gasteiger partial charge in [-0.1, -0.05) is 42.5 Å². The number of methoxy groups -OCH3 is 1. The lowest BCUT2D eigenvalue weighted by Gasteiger charge is -2.25. The molecule has 4 heteroatoms. The van der Waals surface area contributed by atoms with Crippen molar-refractivity contribution in [2.24, 2.45) is 0 Å². The van der Waals surface area contributed by atoms with E-state index in [9.17, 15) is 4.79 Å². The second kappa shape index (κ2) is 8.56. The van der Waals surface area contributed by atoms with Crippen molar-refractivity contribution >= 4 is 29.3 Å². The second-order valence-corrected chi connectivity index (χ2v) is 4.64. The van der Waals surface area contributed by atoms with E-state index in [4.69, 9.17) is 16.3 Å². The Balaban J connectivity index is 3.17. The van der Waals surface area contributed by atoms with Crippen molar-refractivity contribution in [3.8, 4) is 0 Å². The molecule has 0 bridgehead atoms. The largest absolute Gasteiger partial charge is 0.364 e. The Hall–Kier alpha value is -1.58. The van der Waals surface area contributed by atoms with E-state index in [-0.39, 0.29) is 12.6 Å². The number of hydrogen-bond acceptors (Lipinski definition) is 2. The van der Waals surface area contributed by atoms with Crippen molar-refractivity contribution in [3.05, 3.63) is 48.1 Å². The molecule has 0 spiro atoms. The van der Waals surface area contributed by atoms with Gasteiger partial charge in [-0.2, -0.15) is 0 Å². The first kappa shape index (κ1) is 16.5. The molecule has 1 atom stereocenters. The molecule has 0 aliphatic heterocycles. The fourth-order valence-corrected chi connectivity index (χ4v) is 2.10. The van der Waals surface area contributed by atoms with Gasteiger partial charge in [-0.05, 0) is 25.5 Å². The third kappa shape index (κ3) is 4.22. The van der Waals surface area contributed by atoms with E-state index in [2.05, 4.69) is 0 Å². The van der Waals surface area contributed by atoms with Crippen molar-refractivity contribution in [3.63, 3.8) is 0 Å². The maximum atomic E-state index is 12.4. The minimum Gasteiger partial charge on any atom is -0.364 e. The molecule has 0 heterocycles. The molecule has 108 valence electrons. The molecule has 0 aromatic heterocycles. The van der Waals surface area contributed by atoms with Crippen LogP contribution in [0.15, 0.2) is 42.5 Å². The lowest BCUT2D eigenvalue weighted by Crippen LogP contribution is -2.38. The molecule has 1 aromatic rings. The Morgan fingerprint density at radius 1 is 1.35 bits per heavy atom. The number of alkyl halides is 1. The zero-order valence-electron chi connectivity index (χ0n) is 12.0. The van der Waals surface area contributed by atoms with Crippen LogP contribution in [-0.2, 0) is 9.53 Å². The molecule has 0 aliphatic rings. The minimum absolute atomic E-state index is 0.161. The summed E-state index contributed by atoms with van der Waals surface area (Å²) in [6, 6.07) is 7.64. The number of carbonyl (C=O) groups is 1. The smallest absolute Gasteiger partial charge is 0.250 e. The van der Waals surface area contributed by atoms with E-state index in [1.54, 1.807) is 24.2 Å². The second-order valence-electron chi connectivity index (χ2n) is 4.17. The molecule has 3 nitrogen and oxygen atoms in total. The lowest BCUT2D eigenvalue weighted by molar-refractivity contribution is -0.118. The van der Waals surface area contributed by atoms with Crippen LogP contribution in [-0.4, -0.2) is 25.1 Å². The van der Waals surface area contributed by atoms with Gasteiger partial charge in [0.1, 0.15) is 12.1 Å². The van der Waals surface area contributed by atoms with Crippen LogP contribution in [0.25, 0.3) is 6.08 Å². The van der Waals surface area contributed by atoms with E-state index < -0.39 is 5.38 Å². The monoisotopic (exact) mass is 293 g/mol. The van der Waals surface area contributed by atoms with Gasteiger partial charge in [0, 0.05) is 7.11 Å². The van der Waals surface area contributed by atoms with Crippen LogP contribution in [0.4, 0.5) is 5.69 Å². The van der Waals surface area contributed by atoms with Gasteiger partial charge >= 0.3 is 0 Å². The van der Waals surface area contributed by atoms with Crippen LogP contribution < -0.4 is 4.90 Å². The third-order valence-electron chi connectivity index (χ3n) is 2.70. The first-order chi connectivity index (χ1) is 9.65. The molecule has 1 rings (SSSR count). The van der Waals surface area contributed by atoms with Crippen LogP contribution in [0.2, 0.25) is 0 Å². The topological polar surface area (TPSA) is 29.5 Å². The van der Waals surface area contributed by atoms with E-state index in [0.29, 0.717) is 0 Å². The highest BCUT2D eigenvalue weighted by atomic mass is 35.5. The van der Waals surface area contributed by atoms with Gasteiger partial charge in [-0.25, -0.2) is 0 Å². The Kier molecular flexibility index (Phi) is 7.05. The number of nitrogens with zero attached hydrogens (tertiary/aromatic N) is 1. The molecule has 0 saturated carbocycles. The first-order valence-electron chi connectivity index (χ1n) is 6.44. The lowest BCUT2D eigenvalue weighted by atomic mass is 10.1. The Morgan fingerprint density at radius 3 is 2.65 bits per heavy atom. The standard InChI is InChI=1S/C16H20ClNO2/c1-4-8-13-10-6-7-11-15(13)18(12-20-3)16(19)14(17)9-5-2/h4-11,14H,12H2,1-3H3. The molecular weight excluding hydrogens is 274 g/mol. The summed E-state index contributed by atoms with van der Waals surface area (Å²) in [6.45, 7) is 3.93. The number of anilines is 1. The highest BCUT2D eigenvalue weighted by Crippen LogP contribution is 2.23. The fourth-order valence-electron chi connectivity index (χ4n) is 1.83. The summed E-state index contributed by atoms with van der Waals surface area (Å²) < 4.78 is 5.14. The average molecular weight is 294 g/mol. The molecule has 0 fully saturated rings. The van der Waals surface area contributed by atoms with Crippen LogP contribution >= 0.6 is 11.6 Å². The molecule has 1 unspecified atom stereocenters. The minimum atomic E-state index is -0.700. The predicted octanol–water partition coefficient (Wildman–Crippen LogP) is 3.84. The SMILES string of the molecule is CC=Cc1ccccc1N(COC)C(=O)C(Cl)C=CC. The molecule has 20 heavy (non-hydrogen) atoms. The van der Waals surface area contributed by atoms with E-state index in [0.717, 1.165) is 11.3 Å². The summed E-state index contributed by atoms with van der Waals surface area (Å²) >= 11 is 6.09. The highest BCUT2D eigenvalue weighted by molar-refractivity contribution is 6.34. The number of carbonyl (C=O) groups excluding carboxylic acids is 1. The number of hydrogen-bond donors (Lipinski definition) is 0. The molecule has 1 aromatic carbocycles. The summed E-state index contributed by atoms with van der Waals surface area (Å²) in [7, 11) is 1.55. The van der Waals surface area contributed by atoms with Gasteiger partial charge in [-0.15, -0.1) is 11.6 Å². The Bertz CT molecular complexity index is 497. The fraction of sp³-hybridized carbons (Fsp3) is 0.312. The molecule has 0 saturated heterocycles. The Labute approximate surface area is 125 Å². The number of allylic oxidation sites excluding steroid dienone is 2. The Morgan fingerprint density at radius 2 is 2.05 bits per heavy atom. The van der Waals surface area contributed by atoms with Gasteiger partial charge in [0.05, 0.1) is 5.69 Å². The van der Waals surface area contributed by atoms with Crippen LogP contribution in [0.5, 0.6) is 0 Å². The number of rotatable bonds is 6. The van der Waals surface area contributed by atoms with Crippen molar-refractivity contribution in [2.75, 3.05) is 18.7 Å². The maximum Gasteiger partial charge on any atom is 0.250 e. The number of benzene rings is 1. The van der Waals surface area contributed by atoms with Crippen molar-refractivity contribution in [2.45, 2.75) is 19.2 Å². The summed E-state index contributed by atoms with van der Waals surface area (Å²) in [5.41, 5.74) is 1.73. The van der Waals surface area contributed by atoms with E-state index >= 15 is 0 Å². The first-order valence-corrected chi connectivity index (χ1v) is 6.88. The van der Waals surface area contributed by atoms with Gasteiger partial charge in [0.15, 0.2) is 0 Å². The highest BCUT2D eigenvalue weighted by Gasteiger charge is 2.22. The normalized spacial score (nSPS) is 13.0. The summed E-state index contributed by atoms with van der Waals surface area (Å²) in [6.07, 6.45) is 7.30. The number of amides is 1. The average Bonchev–Trinajstić information content (AvgIpc) is 2.45. The molecule has 0 radical (unpaired) electrons. The van der Waals surface area contributed by atoms with Crippen LogP contribution in [0.3, 0.4) is 0 Å². The molecule has 1 amide bonds. The van der Waals surface area contributed by atoms with Gasteiger partial charge < -0.3 is 4.74 Å². The molecular formula is C16H20ClNO2. The van der Waals surface area contributed by atoms with E-state index in [1.165, 1.54) is 0 Å². The summed E-state index contributed by atoms with van der Waals surface area (Å²) in [5.74, 6) is -0.205. The van der Waals surface area contributed by atoms with Gasteiger partial charge in [-0.3, -0.25) is 9.69 Å². The zero-order valence-corrected chi connectivity index (χ0v) is 12.8. The number of para-hydroxylation sites is 1. The van der Waals surface area contributed by atoms with Crippen molar-refractivity contribution in [1.82, 2.24) is 0 Å². The van der Waals surface area contributed by atoms with Crippen LogP contribution in [0, 0.1) is 0 Å².